The molecule has 32 heavy (non-hydrogen) atoms. The first-order valence-corrected chi connectivity index (χ1v) is 11.1. The number of nitrogens with zero attached hydrogens (tertiary/aromatic N) is 3. The second kappa shape index (κ2) is 8.24. The minimum atomic E-state index is -0.667. The molecule has 1 aliphatic carbocycles. The van der Waals surface area contributed by atoms with Crippen molar-refractivity contribution in [1.82, 2.24) is 9.80 Å². The van der Waals surface area contributed by atoms with E-state index in [1.165, 1.54) is 11.1 Å². The van der Waals surface area contributed by atoms with Crippen molar-refractivity contribution in [3.63, 3.8) is 0 Å². The average molecular weight is 426 g/mol. The van der Waals surface area contributed by atoms with E-state index in [1.807, 2.05) is 24.3 Å². The third-order valence-electron chi connectivity index (χ3n) is 6.41. The largest absolute Gasteiger partial charge is 0.508 e. The zero-order chi connectivity index (χ0) is 22.1. The molecule has 0 unspecified atom stereocenters. The lowest BCUT2D eigenvalue weighted by Gasteiger charge is -2.35. The SMILES string of the molecule is Cc1ccc(CN2CCN(C3=NC4(C=CC(=O)C=C4)C(c4ccc(O)cc4)=C3)CC2)cc1. The Bertz CT molecular complexity index is 1120. The summed E-state index contributed by atoms with van der Waals surface area (Å²) in [7, 11) is 0. The number of phenols is 1. The molecule has 1 saturated heterocycles. The molecule has 0 bridgehead atoms. The van der Waals surface area contributed by atoms with E-state index in [9.17, 15) is 9.90 Å². The van der Waals surface area contributed by atoms with Crippen LogP contribution < -0.4 is 0 Å². The predicted octanol–water partition coefficient (Wildman–Crippen LogP) is 3.75. The fourth-order valence-corrected chi connectivity index (χ4v) is 4.51. The number of phenolic OH excluding ortho intramolecular Hbond substituents is 1. The highest BCUT2D eigenvalue weighted by Gasteiger charge is 2.38. The van der Waals surface area contributed by atoms with Gasteiger partial charge in [-0.25, -0.2) is 4.99 Å². The molecule has 162 valence electrons. The maximum Gasteiger partial charge on any atom is 0.178 e. The standard InChI is InChI=1S/C27H27N3O2/c1-20-2-4-21(5-3-20)19-29-14-16-30(17-15-29)26-18-25(22-6-8-23(31)9-7-22)27(28-26)12-10-24(32)11-13-27/h2-13,18,31H,14-17,19H2,1H3. The van der Waals surface area contributed by atoms with E-state index in [0.29, 0.717) is 0 Å². The van der Waals surface area contributed by atoms with Gasteiger partial charge in [0.15, 0.2) is 5.78 Å². The molecule has 0 amide bonds. The number of amidine groups is 1. The molecule has 5 nitrogen and oxygen atoms in total. The van der Waals surface area contributed by atoms with Crippen molar-refractivity contribution in [2.75, 3.05) is 26.2 Å². The number of allylic oxidation sites excluding steroid dienone is 2. The third-order valence-corrected chi connectivity index (χ3v) is 6.41. The van der Waals surface area contributed by atoms with Crippen LogP contribution in [-0.2, 0) is 11.3 Å². The number of carbonyl (C=O) groups excluding carboxylic acids is 1. The third kappa shape index (κ3) is 4.04. The van der Waals surface area contributed by atoms with Crippen LogP contribution in [0.25, 0.3) is 5.57 Å². The molecule has 5 heteroatoms. The molecule has 1 spiro atoms. The highest BCUT2D eigenvalue weighted by atomic mass is 16.3. The normalized spacial score (nSPS) is 20.0. The van der Waals surface area contributed by atoms with Crippen molar-refractivity contribution in [1.29, 1.82) is 0 Å². The number of rotatable bonds is 3. The van der Waals surface area contributed by atoms with Gasteiger partial charge in [-0.15, -0.1) is 0 Å². The average Bonchev–Trinajstić information content (AvgIpc) is 3.18. The molecule has 1 fully saturated rings. The Kier molecular flexibility index (Phi) is 5.27. The molecule has 2 aliphatic heterocycles. The highest BCUT2D eigenvalue weighted by Crippen LogP contribution is 2.40. The topological polar surface area (TPSA) is 56.1 Å². The minimum Gasteiger partial charge on any atom is -0.508 e. The first-order valence-electron chi connectivity index (χ1n) is 11.1. The van der Waals surface area contributed by atoms with Crippen LogP contribution in [0.1, 0.15) is 16.7 Å². The smallest absolute Gasteiger partial charge is 0.178 e. The number of benzene rings is 2. The number of aromatic hydroxyl groups is 1. The van der Waals surface area contributed by atoms with Crippen molar-refractivity contribution in [2.24, 2.45) is 4.99 Å². The Balaban J connectivity index is 1.34. The Morgan fingerprint density at radius 3 is 2.25 bits per heavy atom. The molecule has 1 N–H and O–H groups in total. The zero-order valence-electron chi connectivity index (χ0n) is 18.2. The van der Waals surface area contributed by atoms with Gasteiger partial charge < -0.3 is 10.0 Å². The van der Waals surface area contributed by atoms with Crippen LogP contribution in [0, 0.1) is 6.92 Å². The van der Waals surface area contributed by atoms with Crippen LogP contribution in [0.5, 0.6) is 5.75 Å². The molecule has 0 radical (unpaired) electrons. The van der Waals surface area contributed by atoms with Crippen molar-refractivity contribution >= 4 is 17.2 Å². The monoisotopic (exact) mass is 425 g/mol. The molecule has 2 aromatic carbocycles. The number of aliphatic imine (C=N–C) groups is 1. The van der Waals surface area contributed by atoms with Crippen molar-refractivity contribution in [3.05, 3.63) is 95.6 Å². The van der Waals surface area contributed by atoms with E-state index in [4.69, 9.17) is 4.99 Å². The Morgan fingerprint density at radius 2 is 1.59 bits per heavy atom. The summed E-state index contributed by atoms with van der Waals surface area (Å²) >= 11 is 0. The first kappa shape index (κ1) is 20.5. The van der Waals surface area contributed by atoms with Crippen molar-refractivity contribution < 1.29 is 9.90 Å². The van der Waals surface area contributed by atoms with Crippen molar-refractivity contribution in [2.45, 2.75) is 19.0 Å². The van der Waals surface area contributed by atoms with Gasteiger partial charge in [-0.3, -0.25) is 9.69 Å². The first-order chi connectivity index (χ1) is 15.5. The number of aryl methyl sites for hydroxylation is 1. The van der Waals surface area contributed by atoms with Crippen LogP contribution >= 0.6 is 0 Å². The number of ketones is 1. The molecule has 5 rings (SSSR count). The maximum absolute atomic E-state index is 11.8. The molecular formula is C27H27N3O2. The Hall–Kier alpha value is -3.44. The van der Waals surface area contributed by atoms with E-state index in [0.717, 1.165) is 49.7 Å². The van der Waals surface area contributed by atoms with Crippen LogP contribution in [0.15, 0.2) is 83.9 Å². The summed E-state index contributed by atoms with van der Waals surface area (Å²) in [6, 6.07) is 15.9. The molecule has 0 aromatic heterocycles. The van der Waals surface area contributed by atoms with Crippen LogP contribution in [0.2, 0.25) is 0 Å². The summed E-state index contributed by atoms with van der Waals surface area (Å²) in [5, 5.41) is 9.70. The van der Waals surface area contributed by atoms with Gasteiger partial charge in [-0.1, -0.05) is 42.0 Å². The van der Waals surface area contributed by atoms with Gasteiger partial charge in [0.1, 0.15) is 17.1 Å². The summed E-state index contributed by atoms with van der Waals surface area (Å²) in [6.07, 6.45) is 9.09. The van der Waals surface area contributed by atoms with Crippen LogP contribution in [-0.4, -0.2) is 58.2 Å². The number of hydrogen-bond acceptors (Lipinski definition) is 5. The van der Waals surface area contributed by atoms with Gasteiger partial charge in [-0.2, -0.15) is 0 Å². The predicted molar refractivity (Wildman–Crippen MR) is 128 cm³/mol. The van der Waals surface area contributed by atoms with E-state index in [-0.39, 0.29) is 11.5 Å². The number of carbonyl (C=O) groups is 1. The molecule has 3 aliphatic rings. The molecular weight excluding hydrogens is 398 g/mol. The van der Waals surface area contributed by atoms with Gasteiger partial charge >= 0.3 is 0 Å². The van der Waals surface area contributed by atoms with Crippen LogP contribution in [0.4, 0.5) is 0 Å². The van der Waals surface area contributed by atoms with Gasteiger partial charge in [-0.05, 0) is 66.1 Å². The molecule has 2 aromatic rings. The maximum atomic E-state index is 11.8. The highest BCUT2D eigenvalue weighted by molar-refractivity contribution is 6.09. The summed E-state index contributed by atoms with van der Waals surface area (Å²) in [5.74, 6) is 1.16. The fraction of sp³-hybridized carbons (Fsp3) is 0.259. The van der Waals surface area contributed by atoms with E-state index >= 15 is 0 Å². The second-order valence-electron chi connectivity index (χ2n) is 8.72. The van der Waals surface area contributed by atoms with Gasteiger partial charge in [0.25, 0.3) is 0 Å². The van der Waals surface area contributed by atoms with Crippen LogP contribution in [0.3, 0.4) is 0 Å². The van der Waals surface area contributed by atoms with E-state index in [1.54, 1.807) is 24.3 Å². The number of piperazine rings is 1. The lowest BCUT2D eigenvalue weighted by Crippen LogP contribution is -2.47. The van der Waals surface area contributed by atoms with E-state index in [2.05, 4.69) is 47.1 Å². The van der Waals surface area contributed by atoms with Gasteiger partial charge in [0, 0.05) is 32.7 Å². The summed E-state index contributed by atoms with van der Waals surface area (Å²) < 4.78 is 0. The Morgan fingerprint density at radius 1 is 0.938 bits per heavy atom. The molecule has 2 heterocycles. The minimum absolute atomic E-state index is 0.0194. The zero-order valence-corrected chi connectivity index (χ0v) is 18.2. The fourth-order valence-electron chi connectivity index (χ4n) is 4.51. The second-order valence-corrected chi connectivity index (χ2v) is 8.72. The lowest BCUT2D eigenvalue weighted by atomic mass is 9.83. The Labute approximate surface area is 188 Å². The van der Waals surface area contributed by atoms with Gasteiger partial charge in [0.2, 0.25) is 0 Å². The van der Waals surface area contributed by atoms with E-state index < -0.39 is 5.54 Å². The van der Waals surface area contributed by atoms with Crippen molar-refractivity contribution in [3.8, 4) is 5.75 Å². The molecule has 0 saturated carbocycles. The summed E-state index contributed by atoms with van der Waals surface area (Å²) in [4.78, 5) is 21.7. The summed E-state index contributed by atoms with van der Waals surface area (Å²) in [5.41, 5.74) is 3.98. The number of hydrogen-bond donors (Lipinski definition) is 1. The van der Waals surface area contributed by atoms with Gasteiger partial charge in [0.05, 0.1) is 0 Å². The lowest BCUT2D eigenvalue weighted by molar-refractivity contribution is -0.110. The summed E-state index contributed by atoms with van der Waals surface area (Å²) in [6.45, 7) is 6.86. The quantitative estimate of drug-likeness (QED) is 0.814. The molecule has 0 atom stereocenters.